The van der Waals surface area contributed by atoms with Crippen molar-refractivity contribution in [3.05, 3.63) is 59.7 Å². The summed E-state index contributed by atoms with van der Waals surface area (Å²) in [4.78, 5) is 12.4. The molecule has 0 heterocycles. The van der Waals surface area contributed by atoms with E-state index >= 15 is 0 Å². The first kappa shape index (κ1) is 18.3. The van der Waals surface area contributed by atoms with Crippen LogP contribution in [0.2, 0.25) is 0 Å². The quantitative estimate of drug-likeness (QED) is 0.837. The molecule has 2 aromatic carbocycles. The van der Waals surface area contributed by atoms with Gasteiger partial charge in [0.2, 0.25) is 5.91 Å². The molecule has 0 saturated heterocycles. The van der Waals surface area contributed by atoms with Gasteiger partial charge in [-0.15, -0.1) is 0 Å². The van der Waals surface area contributed by atoms with Crippen LogP contribution >= 0.6 is 0 Å². The number of methoxy groups -OCH3 is 2. The van der Waals surface area contributed by atoms with E-state index in [0.717, 1.165) is 11.3 Å². The van der Waals surface area contributed by atoms with Gasteiger partial charge in [-0.2, -0.15) is 5.26 Å². The minimum atomic E-state index is -0.749. The molecule has 5 heteroatoms. The molecule has 0 aliphatic heterocycles. The molecule has 0 aliphatic carbocycles. The predicted octanol–water partition coefficient (Wildman–Crippen LogP) is 3.58. The van der Waals surface area contributed by atoms with Crippen LogP contribution in [0.4, 0.5) is 0 Å². The molecular formula is C20H22N2O3. The van der Waals surface area contributed by atoms with E-state index in [0.29, 0.717) is 11.3 Å². The van der Waals surface area contributed by atoms with Gasteiger partial charge in [0.05, 0.1) is 20.3 Å². The van der Waals surface area contributed by atoms with Gasteiger partial charge < -0.3 is 14.8 Å². The number of benzene rings is 2. The van der Waals surface area contributed by atoms with Crippen molar-refractivity contribution >= 4 is 5.91 Å². The number of hydrogen-bond acceptors (Lipinski definition) is 4. The van der Waals surface area contributed by atoms with E-state index in [1.54, 1.807) is 26.4 Å². The minimum absolute atomic E-state index is 0.00658. The Hall–Kier alpha value is -3.00. The van der Waals surface area contributed by atoms with E-state index in [2.05, 4.69) is 11.4 Å². The molecule has 0 saturated carbocycles. The Morgan fingerprint density at radius 2 is 1.92 bits per heavy atom. The van der Waals surface area contributed by atoms with Crippen molar-refractivity contribution in [3.8, 4) is 17.6 Å². The molecule has 0 fully saturated rings. The van der Waals surface area contributed by atoms with Crippen LogP contribution in [0.3, 0.4) is 0 Å². The Balaban J connectivity index is 2.06. The Morgan fingerprint density at radius 3 is 2.60 bits per heavy atom. The second-order valence-electron chi connectivity index (χ2n) is 5.75. The van der Waals surface area contributed by atoms with Crippen molar-refractivity contribution in [2.75, 3.05) is 14.2 Å². The van der Waals surface area contributed by atoms with E-state index in [4.69, 9.17) is 9.47 Å². The fraction of sp³-hybridized carbons (Fsp3) is 0.300. The third-order valence-corrected chi connectivity index (χ3v) is 4.04. The van der Waals surface area contributed by atoms with Crippen LogP contribution in [0.5, 0.6) is 11.5 Å². The number of carbonyl (C=O) groups is 1. The maximum atomic E-state index is 12.4. The smallest absolute Gasteiger partial charge is 0.221 e. The number of nitrogens with zero attached hydrogens (tertiary/aromatic N) is 1. The predicted molar refractivity (Wildman–Crippen MR) is 95.5 cm³/mol. The van der Waals surface area contributed by atoms with E-state index in [-0.39, 0.29) is 18.2 Å². The Morgan fingerprint density at radius 1 is 1.16 bits per heavy atom. The lowest BCUT2D eigenvalue weighted by atomic mass is 9.97. The second-order valence-corrected chi connectivity index (χ2v) is 5.75. The summed E-state index contributed by atoms with van der Waals surface area (Å²) in [5.74, 6) is 1.16. The zero-order chi connectivity index (χ0) is 18.2. The average molecular weight is 338 g/mol. The van der Waals surface area contributed by atoms with E-state index in [9.17, 15) is 10.1 Å². The standard InChI is InChI=1S/C20H22N2O3/c1-14(15-7-6-8-16(12-15)24-2)11-20(23)22-18(13-21)17-9-4-5-10-19(17)25-3/h4-10,12,14,18H,11H2,1-3H3,(H,22,23)/t14-,18+/m1/s1. The van der Waals surface area contributed by atoms with Crippen molar-refractivity contribution in [1.82, 2.24) is 5.32 Å². The van der Waals surface area contributed by atoms with Crippen LogP contribution in [-0.4, -0.2) is 20.1 Å². The van der Waals surface area contributed by atoms with Gasteiger partial charge in [0.25, 0.3) is 0 Å². The van der Waals surface area contributed by atoms with Crippen molar-refractivity contribution in [1.29, 1.82) is 5.26 Å². The van der Waals surface area contributed by atoms with Gasteiger partial charge in [-0.05, 0) is 29.7 Å². The monoisotopic (exact) mass is 338 g/mol. The summed E-state index contributed by atoms with van der Waals surface area (Å²) >= 11 is 0. The van der Waals surface area contributed by atoms with Crippen molar-refractivity contribution in [3.63, 3.8) is 0 Å². The fourth-order valence-corrected chi connectivity index (χ4v) is 2.65. The topological polar surface area (TPSA) is 71.3 Å². The summed E-state index contributed by atoms with van der Waals surface area (Å²) in [7, 11) is 3.15. The maximum absolute atomic E-state index is 12.4. The van der Waals surface area contributed by atoms with Gasteiger partial charge in [-0.1, -0.05) is 37.3 Å². The number of rotatable bonds is 7. The fourth-order valence-electron chi connectivity index (χ4n) is 2.65. The van der Waals surface area contributed by atoms with Crippen LogP contribution in [0.25, 0.3) is 0 Å². The highest BCUT2D eigenvalue weighted by atomic mass is 16.5. The number of hydrogen-bond donors (Lipinski definition) is 1. The zero-order valence-corrected chi connectivity index (χ0v) is 14.7. The SMILES string of the molecule is COc1cccc([C@H](C)CC(=O)N[C@@H](C#N)c2ccccc2OC)c1. The van der Waals surface area contributed by atoms with Crippen LogP contribution in [-0.2, 0) is 4.79 Å². The third-order valence-electron chi connectivity index (χ3n) is 4.04. The molecule has 130 valence electrons. The molecule has 0 radical (unpaired) electrons. The highest BCUT2D eigenvalue weighted by Gasteiger charge is 2.19. The Bertz CT molecular complexity index is 768. The summed E-state index contributed by atoms with van der Waals surface area (Å²) in [6, 6.07) is 16.2. The highest BCUT2D eigenvalue weighted by Crippen LogP contribution is 2.26. The molecule has 2 aromatic rings. The van der Waals surface area contributed by atoms with Crippen molar-refractivity contribution < 1.29 is 14.3 Å². The van der Waals surface area contributed by atoms with Gasteiger partial charge in [-0.25, -0.2) is 0 Å². The first-order chi connectivity index (χ1) is 12.1. The highest BCUT2D eigenvalue weighted by molar-refractivity contribution is 5.78. The van der Waals surface area contributed by atoms with Gasteiger partial charge in [0.1, 0.15) is 17.5 Å². The Kier molecular flexibility index (Phi) is 6.41. The van der Waals surface area contributed by atoms with Crippen molar-refractivity contribution in [2.24, 2.45) is 0 Å². The number of nitrogens with one attached hydrogen (secondary N) is 1. The summed E-state index contributed by atoms with van der Waals surface area (Å²) < 4.78 is 10.5. The first-order valence-electron chi connectivity index (χ1n) is 8.05. The van der Waals surface area contributed by atoms with Crippen molar-refractivity contribution in [2.45, 2.75) is 25.3 Å². The van der Waals surface area contributed by atoms with Gasteiger partial charge in [-0.3, -0.25) is 4.79 Å². The third kappa shape index (κ3) is 4.74. The van der Waals surface area contributed by atoms with Gasteiger partial charge in [0.15, 0.2) is 0 Å². The number of nitriles is 1. The molecule has 0 aliphatic rings. The van der Waals surface area contributed by atoms with Crippen LogP contribution in [0.1, 0.15) is 36.4 Å². The Labute approximate surface area is 148 Å². The first-order valence-corrected chi connectivity index (χ1v) is 8.05. The van der Waals surface area contributed by atoms with Crippen LogP contribution < -0.4 is 14.8 Å². The summed E-state index contributed by atoms with van der Waals surface area (Å²) in [6.45, 7) is 1.97. The molecule has 25 heavy (non-hydrogen) atoms. The normalized spacial score (nSPS) is 12.6. The molecule has 2 atom stereocenters. The molecule has 5 nitrogen and oxygen atoms in total. The zero-order valence-electron chi connectivity index (χ0n) is 14.7. The lowest BCUT2D eigenvalue weighted by molar-refractivity contribution is -0.121. The van der Waals surface area contributed by atoms with E-state index in [1.807, 2.05) is 43.3 Å². The minimum Gasteiger partial charge on any atom is -0.497 e. The maximum Gasteiger partial charge on any atom is 0.221 e. The van der Waals surface area contributed by atoms with Gasteiger partial charge >= 0.3 is 0 Å². The molecule has 0 unspecified atom stereocenters. The molecule has 1 N–H and O–H groups in total. The summed E-state index contributed by atoms with van der Waals surface area (Å²) in [5.41, 5.74) is 1.66. The number of carbonyl (C=O) groups excluding carboxylic acids is 1. The summed E-state index contributed by atoms with van der Waals surface area (Å²) in [5, 5.41) is 12.2. The van der Waals surface area contributed by atoms with Crippen LogP contribution in [0.15, 0.2) is 48.5 Å². The molecule has 0 bridgehead atoms. The van der Waals surface area contributed by atoms with Crippen LogP contribution in [0, 0.1) is 11.3 Å². The van der Waals surface area contributed by atoms with E-state index < -0.39 is 6.04 Å². The molecule has 2 rings (SSSR count). The van der Waals surface area contributed by atoms with Gasteiger partial charge in [0, 0.05) is 12.0 Å². The molecule has 1 amide bonds. The number of amides is 1. The lowest BCUT2D eigenvalue weighted by Crippen LogP contribution is -2.28. The lowest BCUT2D eigenvalue weighted by Gasteiger charge is -2.17. The molecular weight excluding hydrogens is 316 g/mol. The number of ether oxygens (including phenoxy) is 2. The number of para-hydroxylation sites is 1. The molecule has 0 spiro atoms. The largest absolute Gasteiger partial charge is 0.497 e. The van der Waals surface area contributed by atoms with E-state index in [1.165, 1.54) is 0 Å². The molecule has 0 aromatic heterocycles. The summed E-state index contributed by atoms with van der Waals surface area (Å²) in [6.07, 6.45) is 0.278. The average Bonchev–Trinajstić information content (AvgIpc) is 2.66. The second kappa shape index (κ2) is 8.74.